The van der Waals surface area contributed by atoms with E-state index in [0.717, 1.165) is 18.4 Å². The van der Waals surface area contributed by atoms with Gasteiger partial charge in [0.15, 0.2) is 0 Å². The average molecular weight is 296 g/mol. The van der Waals surface area contributed by atoms with Crippen molar-refractivity contribution in [1.29, 1.82) is 0 Å². The Kier molecular flexibility index (Phi) is 4.09. The second kappa shape index (κ2) is 6.18. The summed E-state index contributed by atoms with van der Waals surface area (Å²) in [4.78, 5) is 16.1. The SMILES string of the molecule is C/C=C1/c2cc(C(=O)OCC)ccc2CCC1n1ccnc1. The number of ether oxygens (including phenoxy) is 1. The first-order valence-electron chi connectivity index (χ1n) is 7.68. The maximum Gasteiger partial charge on any atom is 0.338 e. The zero-order valence-corrected chi connectivity index (χ0v) is 13.0. The molecule has 1 aliphatic carbocycles. The van der Waals surface area contributed by atoms with Crippen LogP contribution in [-0.2, 0) is 11.2 Å². The topological polar surface area (TPSA) is 44.1 Å². The van der Waals surface area contributed by atoms with Crippen molar-refractivity contribution in [3.8, 4) is 0 Å². The van der Waals surface area contributed by atoms with Gasteiger partial charge in [-0.3, -0.25) is 0 Å². The molecule has 4 nitrogen and oxygen atoms in total. The largest absolute Gasteiger partial charge is 0.462 e. The van der Waals surface area contributed by atoms with E-state index in [1.54, 1.807) is 6.20 Å². The first-order chi connectivity index (χ1) is 10.7. The highest BCUT2D eigenvalue weighted by Gasteiger charge is 2.25. The number of imidazole rings is 1. The van der Waals surface area contributed by atoms with E-state index in [9.17, 15) is 4.79 Å². The molecule has 2 aromatic rings. The highest BCUT2D eigenvalue weighted by Crippen LogP contribution is 2.38. The number of fused-ring (bicyclic) bond motifs is 1. The molecular weight excluding hydrogens is 276 g/mol. The zero-order chi connectivity index (χ0) is 15.5. The Balaban J connectivity index is 2.00. The van der Waals surface area contributed by atoms with Gasteiger partial charge in [-0.05, 0) is 55.5 Å². The Morgan fingerprint density at radius 2 is 2.36 bits per heavy atom. The second-order valence-corrected chi connectivity index (χ2v) is 5.40. The van der Waals surface area contributed by atoms with Gasteiger partial charge in [0.1, 0.15) is 0 Å². The highest BCUT2D eigenvalue weighted by atomic mass is 16.5. The molecule has 1 aromatic heterocycles. The summed E-state index contributed by atoms with van der Waals surface area (Å²) in [6, 6.07) is 6.15. The van der Waals surface area contributed by atoms with Gasteiger partial charge in [-0.15, -0.1) is 0 Å². The summed E-state index contributed by atoms with van der Waals surface area (Å²) >= 11 is 0. The lowest BCUT2D eigenvalue weighted by atomic mass is 9.82. The molecule has 1 aliphatic rings. The van der Waals surface area contributed by atoms with Crippen LogP contribution in [0.1, 0.15) is 47.8 Å². The minimum Gasteiger partial charge on any atom is -0.462 e. The maximum atomic E-state index is 12.0. The van der Waals surface area contributed by atoms with Crippen LogP contribution in [0.25, 0.3) is 5.57 Å². The summed E-state index contributed by atoms with van der Waals surface area (Å²) in [6.07, 6.45) is 9.83. The third-order valence-electron chi connectivity index (χ3n) is 4.17. The Morgan fingerprint density at radius 1 is 1.50 bits per heavy atom. The molecular formula is C18H20N2O2. The summed E-state index contributed by atoms with van der Waals surface area (Å²) in [6.45, 7) is 4.26. The van der Waals surface area contributed by atoms with Gasteiger partial charge in [0.2, 0.25) is 0 Å². The van der Waals surface area contributed by atoms with E-state index in [0.29, 0.717) is 12.2 Å². The Hall–Kier alpha value is -2.36. The van der Waals surface area contributed by atoms with Crippen LogP contribution in [0.5, 0.6) is 0 Å². The predicted molar refractivity (Wildman–Crippen MR) is 85.6 cm³/mol. The number of aromatic nitrogens is 2. The lowest BCUT2D eigenvalue weighted by Gasteiger charge is -2.29. The number of esters is 1. The van der Waals surface area contributed by atoms with Crippen LogP contribution < -0.4 is 0 Å². The van der Waals surface area contributed by atoms with Gasteiger partial charge >= 0.3 is 5.97 Å². The number of hydrogen-bond acceptors (Lipinski definition) is 3. The summed E-state index contributed by atoms with van der Waals surface area (Å²) < 4.78 is 7.25. The van der Waals surface area contributed by atoms with Gasteiger partial charge in [0, 0.05) is 12.4 Å². The van der Waals surface area contributed by atoms with Crippen molar-refractivity contribution < 1.29 is 9.53 Å². The van der Waals surface area contributed by atoms with Crippen LogP contribution >= 0.6 is 0 Å². The fourth-order valence-electron chi connectivity index (χ4n) is 3.14. The van der Waals surface area contributed by atoms with E-state index in [4.69, 9.17) is 4.74 Å². The third-order valence-corrected chi connectivity index (χ3v) is 4.17. The monoisotopic (exact) mass is 296 g/mol. The number of hydrogen-bond donors (Lipinski definition) is 0. The van der Waals surface area contributed by atoms with E-state index >= 15 is 0 Å². The number of allylic oxidation sites excluding steroid dienone is 2. The van der Waals surface area contributed by atoms with Crippen LogP contribution in [0.2, 0.25) is 0 Å². The van der Waals surface area contributed by atoms with Crippen molar-refractivity contribution >= 4 is 11.5 Å². The molecule has 0 saturated carbocycles. The number of benzene rings is 1. The van der Waals surface area contributed by atoms with Crippen molar-refractivity contribution in [2.75, 3.05) is 6.61 Å². The Labute approximate surface area is 130 Å². The van der Waals surface area contributed by atoms with Gasteiger partial charge in [-0.25, -0.2) is 9.78 Å². The molecule has 0 amide bonds. The lowest BCUT2D eigenvalue weighted by Crippen LogP contribution is -2.17. The molecule has 114 valence electrons. The third kappa shape index (κ3) is 2.56. The van der Waals surface area contributed by atoms with Crippen molar-refractivity contribution in [2.45, 2.75) is 32.7 Å². The van der Waals surface area contributed by atoms with Crippen LogP contribution in [-0.4, -0.2) is 22.1 Å². The summed E-state index contributed by atoms with van der Waals surface area (Å²) in [5.41, 5.74) is 4.30. The molecule has 0 aliphatic heterocycles. The van der Waals surface area contributed by atoms with Gasteiger partial charge in [-0.1, -0.05) is 12.1 Å². The molecule has 0 spiro atoms. The minimum atomic E-state index is -0.259. The van der Waals surface area contributed by atoms with E-state index in [1.165, 1.54) is 11.1 Å². The normalized spacial score (nSPS) is 19.0. The van der Waals surface area contributed by atoms with Crippen LogP contribution in [0, 0.1) is 0 Å². The summed E-state index contributed by atoms with van der Waals surface area (Å²) in [7, 11) is 0. The van der Waals surface area contributed by atoms with Gasteiger partial charge in [0.25, 0.3) is 0 Å². The maximum absolute atomic E-state index is 12.0. The molecule has 1 aromatic carbocycles. The number of rotatable bonds is 3. The lowest BCUT2D eigenvalue weighted by molar-refractivity contribution is 0.0526. The molecule has 0 saturated heterocycles. The van der Waals surface area contributed by atoms with Crippen LogP contribution in [0.3, 0.4) is 0 Å². The fourth-order valence-corrected chi connectivity index (χ4v) is 3.14. The highest BCUT2D eigenvalue weighted by molar-refractivity contribution is 5.91. The minimum absolute atomic E-state index is 0.259. The van der Waals surface area contributed by atoms with E-state index in [2.05, 4.69) is 21.7 Å². The molecule has 22 heavy (non-hydrogen) atoms. The molecule has 0 bridgehead atoms. The molecule has 0 N–H and O–H groups in total. The van der Waals surface area contributed by atoms with Crippen molar-refractivity contribution in [1.82, 2.24) is 9.55 Å². The number of nitrogens with zero attached hydrogens (tertiary/aromatic N) is 2. The Bertz CT molecular complexity index is 702. The Morgan fingerprint density at radius 3 is 3.05 bits per heavy atom. The predicted octanol–water partition coefficient (Wildman–Crippen LogP) is 3.65. The average Bonchev–Trinajstić information content (AvgIpc) is 3.07. The van der Waals surface area contributed by atoms with Gasteiger partial charge in [0.05, 0.1) is 24.5 Å². The fraction of sp³-hybridized carbons (Fsp3) is 0.333. The first kappa shape index (κ1) is 14.6. The smallest absolute Gasteiger partial charge is 0.338 e. The molecule has 1 atom stereocenters. The zero-order valence-electron chi connectivity index (χ0n) is 13.0. The molecule has 4 heteroatoms. The quantitative estimate of drug-likeness (QED) is 0.812. The number of carbonyl (C=O) groups is 1. The van der Waals surface area contributed by atoms with Gasteiger partial charge < -0.3 is 9.30 Å². The summed E-state index contributed by atoms with van der Waals surface area (Å²) in [5, 5.41) is 0. The van der Waals surface area contributed by atoms with Crippen molar-refractivity contribution in [3.05, 3.63) is 59.7 Å². The van der Waals surface area contributed by atoms with E-state index in [1.807, 2.05) is 38.5 Å². The van der Waals surface area contributed by atoms with E-state index < -0.39 is 0 Å². The van der Waals surface area contributed by atoms with Crippen molar-refractivity contribution in [2.24, 2.45) is 0 Å². The first-order valence-corrected chi connectivity index (χ1v) is 7.68. The molecule has 0 radical (unpaired) electrons. The summed E-state index contributed by atoms with van der Waals surface area (Å²) in [5.74, 6) is -0.259. The van der Waals surface area contributed by atoms with Gasteiger partial charge in [-0.2, -0.15) is 0 Å². The molecule has 3 rings (SSSR count). The van der Waals surface area contributed by atoms with Crippen molar-refractivity contribution in [3.63, 3.8) is 0 Å². The molecule has 1 unspecified atom stereocenters. The number of aryl methyl sites for hydroxylation is 1. The van der Waals surface area contributed by atoms with Crippen LogP contribution in [0.4, 0.5) is 0 Å². The van der Waals surface area contributed by atoms with Crippen LogP contribution in [0.15, 0.2) is 43.0 Å². The molecule has 0 fully saturated rings. The molecule has 1 heterocycles. The number of carbonyl (C=O) groups excluding carboxylic acids is 1. The second-order valence-electron chi connectivity index (χ2n) is 5.40. The standard InChI is InChI=1S/C18H20N2O2/c1-3-15-16-11-14(18(21)22-4-2)6-5-13(16)7-8-17(15)20-10-9-19-12-20/h3,5-6,9-12,17H,4,7-8H2,1-2H3/b15-3-. The van der Waals surface area contributed by atoms with E-state index in [-0.39, 0.29) is 12.0 Å².